The summed E-state index contributed by atoms with van der Waals surface area (Å²) in [5, 5.41) is 9.63. The van der Waals surface area contributed by atoms with Gasteiger partial charge in [0.2, 0.25) is 0 Å². The maximum absolute atomic E-state index is 9.63. The second-order valence-corrected chi connectivity index (χ2v) is 3.98. The lowest BCUT2D eigenvalue weighted by Crippen LogP contribution is -2.44. The Bertz CT molecular complexity index is 115. The van der Waals surface area contributed by atoms with Crippen molar-refractivity contribution in [2.45, 2.75) is 45.3 Å². The zero-order chi connectivity index (χ0) is 8.43. The second kappa shape index (κ2) is 3.55. The summed E-state index contributed by atoms with van der Waals surface area (Å²) in [7, 11) is 0. The molecule has 1 saturated carbocycles. The molecule has 0 aromatic heterocycles. The van der Waals surface area contributed by atoms with Gasteiger partial charge in [-0.25, -0.2) is 0 Å². The van der Waals surface area contributed by atoms with Crippen molar-refractivity contribution >= 4 is 0 Å². The van der Waals surface area contributed by atoms with E-state index in [1.165, 1.54) is 0 Å². The van der Waals surface area contributed by atoms with Gasteiger partial charge >= 0.3 is 0 Å². The van der Waals surface area contributed by atoms with Gasteiger partial charge in [-0.2, -0.15) is 0 Å². The van der Waals surface area contributed by atoms with Gasteiger partial charge in [0.25, 0.3) is 0 Å². The highest BCUT2D eigenvalue weighted by Gasteiger charge is 2.31. The van der Waals surface area contributed by atoms with Gasteiger partial charge in [-0.1, -0.05) is 13.8 Å². The lowest BCUT2D eigenvalue weighted by atomic mass is 9.76. The average Bonchev–Trinajstić information content (AvgIpc) is 1.85. The molecular formula is C9H19NO. The zero-order valence-electron chi connectivity index (χ0n) is 7.46. The van der Waals surface area contributed by atoms with E-state index < -0.39 is 0 Å². The summed E-state index contributed by atoms with van der Waals surface area (Å²) < 4.78 is 0. The molecule has 1 fully saturated rings. The zero-order valence-corrected chi connectivity index (χ0v) is 7.46. The Labute approximate surface area is 68.8 Å². The van der Waals surface area contributed by atoms with Crippen LogP contribution in [-0.4, -0.2) is 17.3 Å². The summed E-state index contributed by atoms with van der Waals surface area (Å²) in [4.78, 5) is 0. The molecular weight excluding hydrogens is 138 g/mol. The van der Waals surface area contributed by atoms with Crippen LogP contribution in [-0.2, 0) is 0 Å². The van der Waals surface area contributed by atoms with E-state index in [4.69, 9.17) is 5.73 Å². The second-order valence-electron chi connectivity index (χ2n) is 3.98. The Balaban J connectivity index is 2.55. The highest BCUT2D eigenvalue weighted by molar-refractivity contribution is 4.85. The number of hydrogen-bond donors (Lipinski definition) is 2. The summed E-state index contributed by atoms with van der Waals surface area (Å²) >= 11 is 0. The van der Waals surface area contributed by atoms with Crippen LogP contribution < -0.4 is 5.73 Å². The Hall–Kier alpha value is -0.0800. The third-order valence-electron chi connectivity index (χ3n) is 2.75. The molecule has 0 aromatic rings. The fourth-order valence-electron chi connectivity index (χ4n) is 2.17. The van der Waals surface area contributed by atoms with Crippen LogP contribution in [0.15, 0.2) is 0 Å². The molecule has 1 aliphatic carbocycles. The van der Waals surface area contributed by atoms with Crippen LogP contribution in [0.3, 0.4) is 0 Å². The first-order valence-electron chi connectivity index (χ1n) is 4.56. The summed E-state index contributed by atoms with van der Waals surface area (Å²) in [6, 6.07) is 0.221. The van der Waals surface area contributed by atoms with Crippen LogP contribution in [0.1, 0.15) is 33.1 Å². The van der Waals surface area contributed by atoms with Crippen molar-refractivity contribution in [2.24, 2.45) is 17.6 Å². The predicted molar refractivity (Wildman–Crippen MR) is 46.2 cm³/mol. The number of aliphatic hydroxyl groups excluding tert-OH is 1. The van der Waals surface area contributed by atoms with E-state index in [1.807, 2.05) is 0 Å². The van der Waals surface area contributed by atoms with Gasteiger partial charge in [-0.05, 0) is 25.2 Å². The number of rotatable bonds is 1. The summed E-state index contributed by atoms with van der Waals surface area (Å²) in [5.41, 5.74) is 5.91. The monoisotopic (exact) mass is 157 g/mol. The topological polar surface area (TPSA) is 46.2 Å². The van der Waals surface area contributed by atoms with Crippen molar-refractivity contribution in [1.29, 1.82) is 0 Å². The summed E-state index contributed by atoms with van der Waals surface area (Å²) in [6.07, 6.45) is 2.96. The summed E-state index contributed by atoms with van der Waals surface area (Å²) in [5.74, 6) is 0.837. The highest BCUT2D eigenvalue weighted by Crippen LogP contribution is 2.29. The van der Waals surface area contributed by atoms with Crippen LogP contribution in [0.25, 0.3) is 0 Å². The van der Waals surface area contributed by atoms with Crippen molar-refractivity contribution in [3.63, 3.8) is 0 Å². The molecule has 0 heterocycles. The minimum Gasteiger partial charge on any atom is -0.393 e. The molecule has 3 unspecified atom stereocenters. The van der Waals surface area contributed by atoms with Gasteiger partial charge in [0.1, 0.15) is 0 Å². The van der Waals surface area contributed by atoms with E-state index in [-0.39, 0.29) is 12.1 Å². The maximum atomic E-state index is 9.63. The third-order valence-corrected chi connectivity index (χ3v) is 2.75. The van der Waals surface area contributed by atoms with Gasteiger partial charge < -0.3 is 10.8 Å². The lowest BCUT2D eigenvalue weighted by molar-refractivity contribution is 0.0328. The fraction of sp³-hybridized carbons (Fsp3) is 1.00. The van der Waals surface area contributed by atoms with Crippen LogP contribution in [0, 0.1) is 11.8 Å². The molecule has 0 aromatic carbocycles. The van der Waals surface area contributed by atoms with Crippen LogP contribution in [0.2, 0.25) is 0 Å². The van der Waals surface area contributed by atoms with Gasteiger partial charge in [0, 0.05) is 12.0 Å². The SMILES string of the molecule is CC(C)C1C(N)CCCC1O. The van der Waals surface area contributed by atoms with Gasteiger partial charge in [-0.3, -0.25) is 0 Å². The van der Waals surface area contributed by atoms with Crippen molar-refractivity contribution in [2.75, 3.05) is 0 Å². The standard InChI is InChI=1S/C9H19NO/c1-6(2)9-7(10)4-3-5-8(9)11/h6-9,11H,3-5,10H2,1-2H3. The average molecular weight is 157 g/mol. The van der Waals surface area contributed by atoms with E-state index in [2.05, 4.69) is 13.8 Å². The van der Waals surface area contributed by atoms with Crippen LogP contribution >= 0.6 is 0 Å². The molecule has 0 radical (unpaired) electrons. The van der Waals surface area contributed by atoms with E-state index >= 15 is 0 Å². The highest BCUT2D eigenvalue weighted by atomic mass is 16.3. The molecule has 1 rings (SSSR count). The van der Waals surface area contributed by atoms with Crippen LogP contribution in [0.4, 0.5) is 0 Å². The first-order valence-corrected chi connectivity index (χ1v) is 4.56. The lowest BCUT2D eigenvalue weighted by Gasteiger charge is -2.35. The third kappa shape index (κ3) is 1.94. The molecule has 0 bridgehead atoms. The van der Waals surface area contributed by atoms with Crippen molar-refractivity contribution in [3.8, 4) is 0 Å². The molecule has 0 spiro atoms. The molecule has 66 valence electrons. The molecule has 2 heteroatoms. The van der Waals surface area contributed by atoms with E-state index in [0.717, 1.165) is 19.3 Å². The van der Waals surface area contributed by atoms with Crippen molar-refractivity contribution in [3.05, 3.63) is 0 Å². The first-order chi connectivity index (χ1) is 5.13. The largest absolute Gasteiger partial charge is 0.393 e. The van der Waals surface area contributed by atoms with Crippen molar-refractivity contribution < 1.29 is 5.11 Å². The Morgan fingerprint density at radius 1 is 1.36 bits per heavy atom. The predicted octanol–water partition coefficient (Wildman–Crippen LogP) is 1.13. The van der Waals surface area contributed by atoms with E-state index in [1.54, 1.807) is 0 Å². The van der Waals surface area contributed by atoms with Crippen LogP contribution in [0.5, 0.6) is 0 Å². The van der Waals surface area contributed by atoms with Gasteiger partial charge in [0.15, 0.2) is 0 Å². The molecule has 3 N–H and O–H groups in total. The first kappa shape index (κ1) is 9.01. The number of hydrogen-bond acceptors (Lipinski definition) is 2. The molecule has 0 aliphatic heterocycles. The van der Waals surface area contributed by atoms with Gasteiger partial charge in [0.05, 0.1) is 6.10 Å². The molecule has 11 heavy (non-hydrogen) atoms. The maximum Gasteiger partial charge on any atom is 0.0585 e. The Morgan fingerprint density at radius 2 is 2.00 bits per heavy atom. The molecule has 0 saturated heterocycles. The minimum absolute atomic E-state index is 0.154. The Morgan fingerprint density at radius 3 is 2.36 bits per heavy atom. The fourth-order valence-corrected chi connectivity index (χ4v) is 2.17. The summed E-state index contributed by atoms with van der Waals surface area (Å²) in [6.45, 7) is 4.28. The number of nitrogens with two attached hydrogens (primary N) is 1. The Kier molecular flexibility index (Phi) is 2.90. The molecule has 1 aliphatic rings. The molecule has 0 amide bonds. The molecule has 2 nitrogen and oxygen atoms in total. The normalized spacial score (nSPS) is 39.5. The van der Waals surface area contributed by atoms with E-state index in [0.29, 0.717) is 11.8 Å². The van der Waals surface area contributed by atoms with E-state index in [9.17, 15) is 5.11 Å². The van der Waals surface area contributed by atoms with Gasteiger partial charge in [-0.15, -0.1) is 0 Å². The minimum atomic E-state index is -0.154. The smallest absolute Gasteiger partial charge is 0.0585 e. The van der Waals surface area contributed by atoms with Crippen molar-refractivity contribution in [1.82, 2.24) is 0 Å². The number of aliphatic hydroxyl groups is 1. The quantitative estimate of drug-likeness (QED) is 0.599. The molecule has 3 atom stereocenters.